The Bertz CT molecular complexity index is 242. The second-order valence-corrected chi connectivity index (χ2v) is 4.92. The molecule has 0 spiro atoms. The van der Waals surface area contributed by atoms with Gasteiger partial charge in [-0.3, -0.25) is 4.90 Å². The molecule has 1 amide bonds. The minimum absolute atomic E-state index is 0.323. The highest BCUT2D eigenvalue weighted by Gasteiger charge is 2.39. The molecule has 4 nitrogen and oxygen atoms in total. The van der Waals surface area contributed by atoms with E-state index in [-0.39, 0.29) is 6.09 Å². The van der Waals surface area contributed by atoms with E-state index in [9.17, 15) is 9.90 Å². The van der Waals surface area contributed by atoms with Crippen molar-refractivity contribution in [2.24, 2.45) is 5.92 Å². The molecule has 16 heavy (non-hydrogen) atoms. The second-order valence-electron chi connectivity index (χ2n) is 4.92. The lowest BCUT2D eigenvalue weighted by molar-refractivity contribution is -0.121. The molecule has 0 saturated carbocycles. The van der Waals surface area contributed by atoms with Crippen LogP contribution >= 0.6 is 0 Å². The van der Waals surface area contributed by atoms with Crippen LogP contribution in [0.25, 0.3) is 0 Å². The van der Waals surface area contributed by atoms with Gasteiger partial charge in [0.2, 0.25) is 0 Å². The van der Waals surface area contributed by atoms with Crippen LogP contribution in [-0.4, -0.2) is 35.0 Å². The lowest BCUT2D eigenvalue weighted by atomic mass is 9.96. The number of ether oxygens (including phenoxy) is 1. The molecular weight excluding hydrogens is 206 g/mol. The number of amides is 1. The Morgan fingerprint density at radius 2 is 2.19 bits per heavy atom. The van der Waals surface area contributed by atoms with Gasteiger partial charge in [0.1, 0.15) is 5.72 Å². The fourth-order valence-electron chi connectivity index (χ4n) is 1.97. The molecule has 1 saturated heterocycles. The monoisotopic (exact) mass is 229 g/mol. The Labute approximate surface area is 97.6 Å². The van der Waals surface area contributed by atoms with Gasteiger partial charge in [-0.1, -0.05) is 20.8 Å². The van der Waals surface area contributed by atoms with E-state index in [4.69, 9.17) is 4.74 Å². The van der Waals surface area contributed by atoms with Crippen LogP contribution in [0.15, 0.2) is 0 Å². The van der Waals surface area contributed by atoms with Gasteiger partial charge in [0.25, 0.3) is 0 Å². The molecule has 1 atom stereocenters. The van der Waals surface area contributed by atoms with Gasteiger partial charge in [-0.05, 0) is 31.6 Å². The predicted molar refractivity (Wildman–Crippen MR) is 62.0 cm³/mol. The van der Waals surface area contributed by atoms with Crippen molar-refractivity contribution in [3.8, 4) is 0 Å². The highest BCUT2D eigenvalue weighted by atomic mass is 16.6. The van der Waals surface area contributed by atoms with E-state index in [0.29, 0.717) is 31.9 Å². The third-order valence-corrected chi connectivity index (χ3v) is 3.04. The highest BCUT2D eigenvalue weighted by molar-refractivity contribution is 5.68. The number of nitrogens with zero attached hydrogens (tertiary/aromatic N) is 1. The van der Waals surface area contributed by atoms with Crippen molar-refractivity contribution in [3.05, 3.63) is 0 Å². The van der Waals surface area contributed by atoms with E-state index >= 15 is 0 Å². The van der Waals surface area contributed by atoms with E-state index < -0.39 is 5.72 Å². The molecule has 1 unspecified atom stereocenters. The van der Waals surface area contributed by atoms with Crippen LogP contribution in [0, 0.1) is 5.92 Å². The van der Waals surface area contributed by atoms with Gasteiger partial charge in [-0.15, -0.1) is 0 Å². The average Bonchev–Trinajstić information content (AvgIpc) is 2.26. The van der Waals surface area contributed by atoms with Gasteiger partial charge >= 0.3 is 6.09 Å². The lowest BCUT2D eigenvalue weighted by Gasteiger charge is -2.41. The Morgan fingerprint density at radius 1 is 1.50 bits per heavy atom. The molecule has 0 aromatic rings. The molecule has 0 bridgehead atoms. The van der Waals surface area contributed by atoms with Crippen molar-refractivity contribution in [2.75, 3.05) is 13.2 Å². The first-order valence-electron chi connectivity index (χ1n) is 6.16. The number of piperidine rings is 1. The summed E-state index contributed by atoms with van der Waals surface area (Å²) in [6.07, 6.45) is 2.75. The van der Waals surface area contributed by atoms with Crippen molar-refractivity contribution < 1.29 is 14.6 Å². The van der Waals surface area contributed by atoms with Gasteiger partial charge in [0.15, 0.2) is 0 Å². The van der Waals surface area contributed by atoms with Gasteiger partial charge in [-0.2, -0.15) is 0 Å². The van der Waals surface area contributed by atoms with Gasteiger partial charge < -0.3 is 9.84 Å². The van der Waals surface area contributed by atoms with E-state index in [1.54, 1.807) is 0 Å². The zero-order valence-electron chi connectivity index (χ0n) is 10.5. The van der Waals surface area contributed by atoms with Crippen LogP contribution in [0.3, 0.4) is 0 Å². The van der Waals surface area contributed by atoms with Crippen LogP contribution < -0.4 is 0 Å². The number of aliphatic hydroxyl groups is 1. The zero-order chi connectivity index (χ0) is 12.2. The molecule has 1 N–H and O–H groups in total. The number of rotatable bonds is 3. The topological polar surface area (TPSA) is 49.8 Å². The molecule has 1 heterocycles. The Morgan fingerprint density at radius 3 is 2.75 bits per heavy atom. The largest absolute Gasteiger partial charge is 0.449 e. The molecule has 0 aromatic carbocycles. The smallest absolute Gasteiger partial charge is 0.412 e. The van der Waals surface area contributed by atoms with Crippen LogP contribution in [-0.2, 0) is 4.74 Å². The number of hydrogen-bond acceptors (Lipinski definition) is 3. The SMILES string of the molecule is CCC1(O)CCCCN1C(=O)OCC(C)C. The Hall–Kier alpha value is -0.770. The zero-order valence-corrected chi connectivity index (χ0v) is 10.5. The second kappa shape index (κ2) is 5.53. The third-order valence-electron chi connectivity index (χ3n) is 3.04. The molecule has 0 aromatic heterocycles. The Balaban J connectivity index is 2.58. The molecule has 1 aliphatic rings. The fraction of sp³-hybridized carbons (Fsp3) is 0.917. The van der Waals surface area contributed by atoms with Crippen LogP contribution in [0.2, 0.25) is 0 Å². The highest BCUT2D eigenvalue weighted by Crippen LogP contribution is 2.29. The summed E-state index contributed by atoms with van der Waals surface area (Å²) in [6, 6.07) is 0. The number of likely N-dealkylation sites (tertiary alicyclic amines) is 1. The number of hydrogen-bond donors (Lipinski definition) is 1. The minimum atomic E-state index is -0.994. The molecule has 1 aliphatic heterocycles. The summed E-state index contributed by atoms with van der Waals surface area (Å²) in [6.45, 7) is 6.90. The summed E-state index contributed by atoms with van der Waals surface area (Å²) in [5.74, 6) is 0.323. The molecule has 4 heteroatoms. The number of carbonyl (C=O) groups excluding carboxylic acids is 1. The fourth-order valence-corrected chi connectivity index (χ4v) is 1.97. The summed E-state index contributed by atoms with van der Waals surface area (Å²) >= 11 is 0. The summed E-state index contributed by atoms with van der Waals surface area (Å²) < 4.78 is 5.17. The summed E-state index contributed by atoms with van der Waals surface area (Å²) in [4.78, 5) is 13.3. The van der Waals surface area contributed by atoms with Crippen molar-refractivity contribution >= 4 is 6.09 Å². The maximum absolute atomic E-state index is 11.8. The minimum Gasteiger partial charge on any atom is -0.449 e. The third kappa shape index (κ3) is 3.11. The average molecular weight is 229 g/mol. The van der Waals surface area contributed by atoms with E-state index in [2.05, 4.69) is 0 Å². The van der Waals surface area contributed by atoms with Crippen LogP contribution in [0.5, 0.6) is 0 Å². The molecule has 1 fully saturated rings. The van der Waals surface area contributed by atoms with Gasteiger partial charge in [0, 0.05) is 6.54 Å². The van der Waals surface area contributed by atoms with Crippen molar-refractivity contribution in [1.82, 2.24) is 4.90 Å². The molecule has 94 valence electrons. The summed E-state index contributed by atoms with van der Waals surface area (Å²) in [7, 11) is 0. The predicted octanol–water partition coefficient (Wildman–Crippen LogP) is 2.36. The van der Waals surface area contributed by atoms with Crippen LogP contribution in [0.1, 0.15) is 46.5 Å². The quantitative estimate of drug-likeness (QED) is 0.808. The molecule has 1 rings (SSSR count). The maximum Gasteiger partial charge on any atom is 0.412 e. The molecular formula is C12H23NO3. The van der Waals surface area contributed by atoms with Crippen molar-refractivity contribution in [2.45, 2.75) is 52.2 Å². The summed E-state index contributed by atoms with van der Waals surface area (Å²) in [5, 5.41) is 10.3. The van der Waals surface area contributed by atoms with E-state index in [1.165, 1.54) is 4.90 Å². The molecule has 0 radical (unpaired) electrons. The van der Waals surface area contributed by atoms with E-state index in [0.717, 1.165) is 12.8 Å². The lowest BCUT2D eigenvalue weighted by Crippen LogP contribution is -2.54. The van der Waals surface area contributed by atoms with Crippen molar-refractivity contribution in [3.63, 3.8) is 0 Å². The Kier molecular flexibility index (Phi) is 4.59. The maximum atomic E-state index is 11.8. The first-order valence-corrected chi connectivity index (χ1v) is 6.16. The number of carbonyl (C=O) groups is 1. The van der Waals surface area contributed by atoms with Crippen LogP contribution in [0.4, 0.5) is 4.79 Å². The molecule has 0 aliphatic carbocycles. The van der Waals surface area contributed by atoms with Gasteiger partial charge in [0.05, 0.1) is 6.61 Å². The first kappa shape index (κ1) is 13.3. The normalized spacial score (nSPS) is 25.9. The standard InChI is InChI=1S/C12H23NO3/c1-4-12(15)7-5-6-8-13(12)11(14)16-9-10(2)3/h10,15H,4-9H2,1-3H3. The first-order chi connectivity index (χ1) is 7.49. The summed E-state index contributed by atoms with van der Waals surface area (Å²) in [5.41, 5.74) is -0.994. The van der Waals surface area contributed by atoms with Crippen molar-refractivity contribution in [1.29, 1.82) is 0 Å². The van der Waals surface area contributed by atoms with E-state index in [1.807, 2.05) is 20.8 Å². The van der Waals surface area contributed by atoms with Gasteiger partial charge in [-0.25, -0.2) is 4.79 Å².